The van der Waals surface area contributed by atoms with Crippen LogP contribution in [0.1, 0.15) is 30.1 Å². The van der Waals surface area contributed by atoms with Crippen molar-refractivity contribution >= 4 is 5.91 Å². The van der Waals surface area contributed by atoms with E-state index in [1.807, 2.05) is 0 Å². The van der Waals surface area contributed by atoms with E-state index in [2.05, 4.69) is 20.1 Å². The maximum Gasteiger partial charge on any atom is 0.224 e. The van der Waals surface area contributed by atoms with E-state index in [0.29, 0.717) is 13.0 Å². The van der Waals surface area contributed by atoms with Crippen LogP contribution in [0.5, 0.6) is 0 Å². The van der Waals surface area contributed by atoms with Crippen molar-refractivity contribution in [3.8, 4) is 0 Å². The van der Waals surface area contributed by atoms with E-state index >= 15 is 0 Å². The molecule has 2 heterocycles. The lowest BCUT2D eigenvalue weighted by molar-refractivity contribution is -0.120. The van der Waals surface area contributed by atoms with Gasteiger partial charge in [-0.2, -0.15) is 0 Å². The van der Waals surface area contributed by atoms with Gasteiger partial charge in [-0.05, 0) is 25.0 Å². The standard InChI is InChI=1S/C16H18F2N4O/c17-12-4-3-5-13(18)11(12)10-16(23)19-8-7-15-21-20-14-6-1-2-9-22(14)15/h3-5H,1-2,6-10H2,(H,19,23). The molecule has 0 bridgehead atoms. The summed E-state index contributed by atoms with van der Waals surface area (Å²) in [5, 5.41) is 11.0. The molecule has 1 amide bonds. The summed E-state index contributed by atoms with van der Waals surface area (Å²) in [5.41, 5.74) is -0.204. The first-order valence-electron chi connectivity index (χ1n) is 7.75. The van der Waals surface area contributed by atoms with Crippen LogP contribution in [0.3, 0.4) is 0 Å². The van der Waals surface area contributed by atoms with E-state index in [9.17, 15) is 13.6 Å². The first-order chi connectivity index (χ1) is 11.1. The number of hydrogen-bond donors (Lipinski definition) is 1. The van der Waals surface area contributed by atoms with Gasteiger partial charge < -0.3 is 9.88 Å². The lowest BCUT2D eigenvalue weighted by Gasteiger charge is -2.14. The van der Waals surface area contributed by atoms with Gasteiger partial charge in [0.2, 0.25) is 5.91 Å². The van der Waals surface area contributed by atoms with Gasteiger partial charge >= 0.3 is 0 Å². The summed E-state index contributed by atoms with van der Waals surface area (Å²) in [4.78, 5) is 11.8. The van der Waals surface area contributed by atoms with Crippen molar-refractivity contribution < 1.29 is 13.6 Å². The Bertz CT molecular complexity index is 694. The maximum atomic E-state index is 13.5. The van der Waals surface area contributed by atoms with Crippen molar-refractivity contribution in [2.45, 2.75) is 38.6 Å². The van der Waals surface area contributed by atoms with Crippen molar-refractivity contribution in [2.75, 3.05) is 6.54 Å². The predicted octanol–water partition coefficient (Wildman–Crippen LogP) is 1.79. The lowest BCUT2D eigenvalue weighted by Crippen LogP contribution is -2.28. The van der Waals surface area contributed by atoms with Gasteiger partial charge in [-0.1, -0.05) is 6.07 Å². The number of benzene rings is 1. The summed E-state index contributed by atoms with van der Waals surface area (Å²) in [6.45, 7) is 1.28. The van der Waals surface area contributed by atoms with Crippen molar-refractivity contribution in [3.63, 3.8) is 0 Å². The molecular formula is C16H18F2N4O. The lowest BCUT2D eigenvalue weighted by atomic mass is 10.1. The average Bonchev–Trinajstić information content (AvgIpc) is 2.95. The van der Waals surface area contributed by atoms with E-state index in [0.717, 1.165) is 49.6 Å². The Morgan fingerprint density at radius 1 is 1.22 bits per heavy atom. The number of nitrogens with zero attached hydrogens (tertiary/aromatic N) is 3. The predicted molar refractivity (Wildman–Crippen MR) is 79.7 cm³/mol. The van der Waals surface area contributed by atoms with Crippen LogP contribution in [-0.2, 0) is 30.6 Å². The quantitative estimate of drug-likeness (QED) is 0.914. The molecule has 0 saturated heterocycles. The molecule has 1 aromatic carbocycles. The zero-order chi connectivity index (χ0) is 16.2. The summed E-state index contributed by atoms with van der Waals surface area (Å²) in [6, 6.07) is 3.57. The second-order valence-electron chi connectivity index (χ2n) is 5.62. The van der Waals surface area contributed by atoms with Gasteiger partial charge in [0.05, 0.1) is 6.42 Å². The third-order valence-corrected chi connectivity index (χ3v) is 4.01. The number of aromatic nitrogens is 3. The minimum absolute atomic E-state index is 0.204. The number of nitrogens with one attached hydrogen (secondary N) is 1. The SMILES string of the molecule is O=C(Cc1c(F)cccc1F)NCCc1nnc2n1CCCC2. The third-order valence-electron chi connectivity index (χ3n) is 4.01. The molecule has 0 fully saturated rings. The fourth-order valence-electron chi connectivity index (χ4n) is 2.79. The zero-order valence-corrected chi connectivity index (χ0v) is 12.7. The molecule has 7 heteroatoms. The van der Waals surface area contributed by atoms with Crippen molar-refractivity contribution in [1.29, 1.82) is 0 Å². The molecule has 0 radical (unpaired) electrons. The van der Waals surface area contributed by atoms with E-state index in [-0.39, 0.29) is 12.0 Å². The van der Waals surface area contributed by atoms with Gasteiger partial charge in [-0.3, -0.25) is 4.79 Å². The molecule has 1 aromatic heterocycles. The third kappa shape index (κ3) is 3.55. The number of rotatable bonds is 5. The van der Waals surface area contributed by atoms with E-state index in [1.165, 1.54) is 6.07 Å². The fraction of sp³-hybridized carbons (Fsp3) is 0.438. The summed E-state index contributed by atoms with van der Waals surface area (Å²) < 4.78 is 29.1. The normalized spacial score (nSPS) is 13.7. The average molecular weight is 320 g/mol. The number of halogens is 2. The van der Waals surface area contributed by atoms with Crippen LogP contribution in [-0.4, -0.2) is 27.2 Å². The van der Waals surface area contributed by atoms with Crippen LogP contribution >= 0.6 is 0 Å². The number of amides is 1. The van der Waals surface area contributed by atoms with Crippen molar-refractivity contribution in [1.82, 2.24) is 20.1 Å². The zero-order valence-electron chi connectivity index (χ0n) is 12.7. The van der Waals surface area contributed by atoms with E-state index in [1.54, 1.807) is 0 Å². The molecule has 5 nitrogen and oxygen atoms in total. The summed E-state index contributed by atoms with van der Waals surface area (Å²) in [6.07, 6.45) is 3.42. The Morgan fingerprint density at radius 3 is 2.78 bits per heavy atom. The number of carbonyl (C=O) groups is 1. The van der Waals surface area contributed by atoms with Crippen LogP contribution in [0, 0.1) is 11.6 Å². The Kier molecular flexibility index (Phi) is 4.64. The molecular weight excluding hydrogens is 302 g/mol. The molecule has 1 aliphatic heterocycles. The van der Waals surface area contributed by atoms with Crippen LogP contribution in [0.2, 0.25) is 0 Å². The highest BCUT2D eigenvalue weighted by Gasteiger charge is 2.16. The van der Waals surface area contributed by atoms with Gasteiger partial charge in [-0.25, -0.2) is 8.78 Å². The van der Waals surface area contributed by atoms with Gasteiger partial charge in [0.15, 0.2) is 0 Å². The second-order valence-corrected chi connectivity index (χ2v) is 5.62. The molecule has 3 rings (SSSR count). The molecule has 23 heavy (non-hydrogen) atoms. The molecule has 2 aromatic rings. The minimum atomic E-state index is -0.702. The van der Waals surface area contributed by atoms with Crippen LogP contribution in [0.15, 0.2) is 18.2 Å². The number of carbonyl (C=O) groups excluding carboxylic acids is 1. The molecule has 1 N–H and O–H groups in total. The Labute approximate surface area is 132 Å². The van der Waals surface area contributed by atoms with Crippen LogP contribution < -0.4 is 5.32 Å². The van der Waals surface area contributed by atoms with Gasteiger partial charge in [0.25, 0.3) is 0 Å². The minimum Gasteiger partial charge on any atom is -0.355 e. The number of hydrogen-bond acceptors (Lipinski definition) is 3. The highest BCUT2D eigenvalue weighted by molar-refractivity contribution is 5.78. The topological polar surface area (TPSA) is 59.8 Å². The van der Waals surface area contributed by atoms with Gasteiger partial charge in [0.1, 0.15) is 23.3 Å². The smallest absolute Gasteiger partial charge is 0.224 e. The first-order valence-corrected chi connectivity index (χ1v) is 7.75. The molecule has 0 unspecified atom stereocenters. The van der Waals surface area contributed by atoms with Crippen molar-refractivity contribution in [2.24, 2.45) is 0 Å². The Hall–Kier alpha value is -2.31. The Morgan fingerprint density at radius 2 is 2.00 bits per heavy atom. The van der Waals surface area contributed by atoms with E-state index < -0.39 is 17.5 Å². The second kappa shape index (κ2) is 6.85. The fourth-order valence-corrected chi connectivity index (χ4v) is 2.79. The maximum absolute atomic E-state index is 13.5. The highest BCUT2D eigenvalue weighted by Crippen LogP contribution is 2.14. The number of aryl methyl sites for hydroxylation is 1. The highest BCUT2D eigenvalue weighted by atomic mass is 19.1. The van der Waals surface area contributed by atoms with E-state index in [4.69, 9.17) is 0 Å². The first kappa shape index (κ1) is 15.6. The van der Waals surface area contributed by atoms with Gasteiger partial charge in [-0.15, -0.1) is 10.2 Å². The Balaban J connectivity index is 1.53. The molecule has 0 aliphatic carbocycles. The summed E-state index contributed by atoms with van der Waals surface area (Å²) >= 11 is 0. The van der Waals surface area contributed by atoms with Gasteiger partial charge in [0, 0.05) is 31.5 Å². The van der Waals surface area contributed by atoms with Crippen LogP contribution in [0.25, 0.3) is 0 Å². The molecule has 0 atom stereocenters. The molecule has 0 saturated carbocycles. The number of fused-ring (bicyclic) bond motifs is 1. The summed E-state index contributed by atoms with van der Waals surface area (Å²) in [7, 11) is 0. The van der Waals surface area contributed by atoms with Crippen LogP contribution in [0.4, 0.5) is 8.78 Å². The monoisotopic (exact) mass is 320 g/mol. The molecule has 122 valence electrons. The largest absolute Gasteiger partial charge is 0.355 e. The summed E-state index contributed by atoms with van der Waals surface area (Å²) in [5.74, 6) is 0.0220. The molecule has 0 spiro atoms. The molecule has 1 aliphatic rings. The van der Waals surface area contributed by atoms with Crippen molar-refractivity contribution in [3.05, 3.63) is 47.0 Å².